The lowest BCUT2D eigenvalue weighted by Crippen LogP contribution is -2.13. The number of hydrogen-bond acceptors (Lipinski definition) is 5. The molecule has 0 aliphatic heterocycles. The van der Waals surface area contributed by atoms with E-state index in [1.165, 1.54) is 36.4 Å². The first kappa shape index (κ1) is 13.0. The van der Waals surface area contributed by atoms with Crippen LogP contribution in [0.1, 0.15) is 0 Å². The van der Waals surface area contributed by atoms with Crippen LogP contribution >= 0.6 is 0 Å². The Morgan fingerprint density at radius 1 is 1.05 bits per heavy atom. The molecule has 5 N–H and O–H groups in total. The summed E-state index contributed by atoms with van der Waals surface area (Å²) in [4.78, 5) is -0.0776. The molecule has 100 valence electrons. The summed E-state index contributed by atoms with van der Waals surface area (Å²) in [5.74, 6) is -0.235. The van der Waals surface area contributed by atoms with E-state index in [-0.39, 0.29) is 27.8 Å². The highest BCUT2D eigenvalue weighted by atomic mass is 32.2. The number of aromatic hydroxyl groups is 2. The van der Waals surface area contributed by atoms with Crippen molar-refractivity contribution >= 4 is 21.4 Å². The van der Waals surface area contributed by atoms with Gasteiger partial charge in [-0.3, -0.25) is 4.72 Å². The van der Waals surface area contributed by atoms with Gasteiger partial charge in [0.05, 0.1) is 16.3 Å². The van der Waals surface area contributed by atoms with Crippen LogP contribution in [0.15, 0.2) is 47.4 Å². The van der Waals surface area contributed by atoms with Gasteiger partial charge in [0, 0.05) is 6.07 Å². The second kappa shape index (κ2) is 4.69. The van der Waals surface area contributed by atoms with Crippen molar-refractivity contribution < 1.29 is 18.6 Å². The van der Waals surface area contributed by atoms with E-state index in [1.54, 1.807) is 0 Å². The van der Waals surface area contributed by atoms with Crippen molar-refractivity contribution in [3.05, 3.63) is 42.5 Å². The molecule has 0 fully saturated rings. The van der Waals surface area contributed by atoms with Gasteiger partial charge in [-0.25, -0.2) is 8.42 Å². The molecule has 0 spiro atoms. The summed E-state index contributed by atoms with van der Waals surface area (Å²) in [6.07, 6.45) is 0. The number of benzene rings is 2. The molecule has 2 aromatic rings. The van der Waals surface area contributed by atoms with Crippen LogP contribution in [0.3, 0.4) is 0 Å². The molecule has 0 heterocycles. The van der Waals surface area contributed by atoms with Gasteiger partial charge in [0.1, 0.15) is 11.5 Å². The zero-order chi connectivity index (χ0) is 14.0. The maximum atomic E-state index is 12.0. The molecular weight excluding hydrogens is 268 g/mol. The van der Waals surface area contributed by atoms with Crippen molar-refractivity contribution in [3.63, 3.8) is 0 Å². The Hall–Kier alpha value is -2.41. The van der Waals surface area contributed by atoms with Crippen molar-refractivity contribution in [2.75, 3.05) is 10.5 Å². The largest absolute Gasteiger partial charge is 0.508 e. The number of anilines is 2. The molecule has 2 aromatic carbocycles. The average Bonchev–Trinajstić information content (AvgIpc) is 2.32. The Bertz CT molecular complexity index is 713. The molecule has 2 rings (SSSR count). The van der Waals surface area contributed by atoms with E-state index in [9.17, 15) is 18.6 Å². The molecule has 0 saturated heterocycles. The third-order valence-electron chi connectivity index (χ3n) is 2.41. The minimum absolute atomic E-state index is 0.0289. The van der Waals surface area contributed by atoms with Gasteiger partial charge in [-0.05, 0) is 30.3 Å². The fourth-order valence-corrected chi connectivity index (χ4v) is 2.57. The fraction of sp³-hybridized carbons (Fsp3) is 0. The number of nitrogens with one attached hydrogen (secondary N) is 1. The number of hydrogen-bond donors (Lipinski definition) is 4. The Labute approximate surface area is 110 Å². The van der Waals surface area contributed by atoms with E-state index in [1.807, 2.05) is 0 Å². The highest BCUT2D eigenvalue weighted by molar-refractivity contribution is 7.92. The standard InChI is InChI=1S/C12H12N2O4S/c13-11-7-10(4-5-12(11)16)19(17,18)14-8-2-1-3-9(15)6-8/h1-7,14-16H,13H2. The van der Waals surface area contributed by atoms with Crippen molar-refractivity contribution in [1.29, 1.82) is 0 Å². The average molecular weight is 280 g/mol. The Balaban J connectivity index is 2.35. The number of sulfonamides is 1. The van der Waals surface area contributed by atoms with Gasteiger partial charge in [-0.2, -0.15) is 0 Å². The van der Waals surface area contributed by atoms with Gasteiger partial charge >= 0.3 is 0 Å². The van der Waals surface area contributed by atoms with Gasteiger partial charge in [-0.1, -0.05) is 6.07 Å². The molecular formula is C12H12N2O4S. The van der Waals surface area contributed by atoms with E-state index in [0.29, 0.717) is 0 Å². The highest BCUT2D eigenvalue weighted by Gasteiger charge is 2.15. The lowest BCUT2D eigenvalue weighted by Gasteiger charge is -2.09. The first-order chi connectivity index (χ1) is 8.88. The van der Waals surface area contributed by atoms with Crippen LogP contribution in [0, 0.1) is 0 Å². The smallest absolute Gasteiger partial charge is 0.261 e. The maximum Gasteiger partial charge on any atom is 0.261 e. The summed E-state index contributed by atoms with van der Waals surface area (Å²) in [6.45, 7) is 0. The molecule has 0 atom stereocenters. The monoisotopic (exact) mass is 280 g/mol. The molecule has 0 amide bonds. The van der Waals surface area contributed by atoms with Crippen LogP contribution in [0.4, 0.5) is 11.4 Å². The van der Waals surface area contributed by atoms with Gasteiger partial charge in [0.2, 0.25) is 0 Å². The molecule has 0 aliphatic rings. The normalized spacial score (nSPS) is 11.2. The van der Waals surface area contributed by atoms with Crippen molar-refractivity contribution in [1.82, 2.24) is 0 Å². The molecule has 0 saturated carbocycles. The number of phenols is 2. The molecule has 0 bridgehead atoms. The summed E-state index contributed by atoms with van der Waals surface area (Å²) in [7, 11) is -3.82. The molecule has 19 heavy (non-hydrogen) atoms. The van der Waals surface area contributed by atoms with Crippen molar-refractivity contribution in [2.45, 2.75) is 4.90 Å². The first-order valence-electron chi connectivity index (χ1n) is 5.29. The van der Waals surface area contributed by atoms with E-state index in [0.717, 1.165) is 6.07 Å². The molecule has 0 aromatic heterocycles. The van der Waals surface area contributed by atoms with E-state index >= 15 is 0 Å². The van der Waals surface area contributed by atoms with Crippen molar-refractivity contribution in [2.24, 2.45) is 0 Å². The fourth-order valence-electron chi connectivity index (χ4n) is 1.48. The number of phenolic OH excluding ortho intramolecular Hbond substituents is 2. The van der Waals surface area contributed by atoms with Crippen LogP contribution < -0.4 is 10.5 Å². The van der Waals surface area contributed by atoms with Crippen LogP contribution in [0.2, 0.25) is 0 Å². The first-order valence-corrected chi connectivity index (χ1v) is 6.77. The van der Waals surface area contributed by atoms with E-state index in [2.05, 4.69) is 4.72 Å². The molecule has 0 radical (unpaired) electrons. The van der Waals surface area contributed by atoms with Crippen LogP contribution in [-0.2, 0) is 10.0 Å². The number of nitrogen functional groups attached to an aromatic ring is 1. The molecule has 0 unspecified atom stereocenters. The summed E-state index contributed by atoms with van der Waals surface area (Å²) in [6, 6.07) is 9.31. The number of nitrogens with two attached hydrogens (primary N) is 1. The zero-order valence-corrected chi connectivity index (χ0v) is 10.6. The Kier molecular flexibility index (Phi) is 3.22. The van der Waals surface area contributed by atoms with Crippen molar-refractivity contribution in [3.8, 4) is 11.5 Å². The van der Waals surface area contributed by atoms with Gasteiger partial charge < -0.3 is 15.9 Å². The number of rotatable bonds is 3. The molecule has 0 aliphatic carbocycles. The minimum atomic E-state index is -3.82. The minimum Gasteiger partial charge on any atom is -0.508 e. The van der Waals surface area contributed by atoms with E-state index < -0.39 is 10.0 Å². The van der Waals surface area contributed by atoms with E-state index in [4.69, 9.17) is 5.73 Å². The second-order valence-corrected chi connectivity index (χ2v) is 5.56. The predicted octanol–water partition coefficient (Wildman–Crippen LogP) is 1.48. The van der Waals surface area contributed by atoms with Crippen LogP contribution in [-0.4, -0.2) is 18.6 Å². The van der Waals surface area contributed by atoms with Crippen LogP contribution in [0.5, 0.6) is 11.5 Å². The summed E-state index contributed by atoms with van der Waals surface area (Å²) >= 11 is 0. The topological polar surface area (TPSA) is 113 Å². The van der Waals surface area contributed by atoms with Gasteiger partial charge in [0.15, 0.2) is 0 Å². The second-order valence-electron chi connectivity index (χ2n) is 3.88. The third kappa shape index (κ3) is 2.89. The lowest BCUT2D eigenvalue weighted by molar-refractivity contribution is 0.475. The predicted molar refractivity (Wildman–Crippen MR) is 71.4 cm³/mol. The Morgan fingerprint density at radius 2 is 1.79 bits per heavy atom. The quantitative estimate of drug-likeness (QED) is 0.502. The lowest BCUT2D eigenvalue weighted by atomic mass is 10.3. The molecule has 6 nitrogen and oxygen atoms in total. The maximum absolute atomic E-state index is 12.0. The van der Waals surface area contributed by atoms with Gasteiger partial charge in [-0.15, -0.1) is 0 Å². The highest BCUT2D eigenvalue weighted by Crippen LogP contribution is 2.25. The zero-order valence-electron chi connectivity index (χ0n) is 9.74. The molecule has 7 heteroatoms. The SMILES string of the molecule is Nc1cc(S(=O)(=O)Nc2cccc(O)c2)ccc1O. The summed E-state index contributed by atoms with van der Waals surface area (Å²) < 4.78 is 26.4. The van der Waals surface area contributed by atoms with Gasteiger partial charge in [0.25, 0.3) is 10.0 Å². The summed E-state index contributed by atoms with van der Waals surface area (Å²) in [5, 5.41) is 18.5. The summed E-state index contributed by atoms with van der Waals surface area (Å²) in [5.41, 5.74) is 5.65. The third-order valence-corrected chi connectivity index (χ3v) is 3.79. The Morgan fingerprint density at radius 3 is 2.42 bits per heavy atom. The van der Waals surface area contributed by atoms with Crippen LogP contribution in [0.25, 0.3) is 0 Å².